The molecule has 4 amide bonds. The largest absolute Gasteiger partial charge is 0.343 e. The van der Waals surface area contributed by atoms with Gasteiger partial charge in [-0.15, -0.1) is 0 Å². The van der Waals surface area contributed by atoms with Crippen molar-refractivity contribution in [3.05, 3.63) is 48.1 Å². The van der Waals surface area contributed by atoms with Crippen LogP contribution in [0.5, 0.6) is 0 Å². The zero-order valence-corrected chi connectivity index (χ0v) is 10.7. The zero-order valence-electron chi connectivity index (χ0n) is 10.7. The zero-order chi connectivity index (χ0) is 14.8. The molecule has 1 unspecified atom stereocenters. The molecular weight excluding hydrogens is 276 g/mol. The monoisotopic (exact) mass is 286 g/mol. The number of aromatic nitrogens is 2. The second kappa shape index (κ2) is 5.16. The van der Waals surface area contributed by atoms with Gasteiger partial charge in [0.15, 0.2) is 5.82 Å². The van der Waals surface area contributed by atoms with E-state index in [2.05, 4.69) is 20.0 Å². The fourth-order valence-electron chi connectivity index (χ4n) is 2.11. The van der Waals surface area contributed by atoms with Crippen LogP contribution in [0.2, 0.25) is 0 Å². The van der Waals surface area contributed by atoms with E-state index >= 15 is 0 Å². The first-order valence-corrected chi connectivity index (χ1v) is 6.13. The predicted molar refractivity (Wildman–Crippen MR) is 67.6 cm³/mol. The third-order valence-corrected chi connectivity index (χ3v) is 3.09. The van der Waals surface area contributed by atoms with Crippen LogP contribution >= 0.6 is 0 Å². The number of benzene rings is 1. The molecule has 0 radical (unpaired) electrons. The summed E-state index contributed by atoms with van der Waals surface area (Å²) in [4.78, 5) is 40.8. The van der Waals surface area contributed by atoms with E-state index in [1.807, 2.05) is 0 Å². The van der Waals surface area contributed by atoms with Crippen LogP contribution in [-0.4, -0.2) is 32.9 Å². The number of nitrogens with one attached hydrogen (secondary N) is 1. The highest BCUT2D eigenvalue weighted by Crippen LogP contribution is 2.23. The minimum absolute atomic E-state index is 0.155. The average Bonchev–Trinajstić information content (AvgIpc) is 2.97. The van der Waals surface area contributed by atoms with Crippen LogP contribution in [0.25, 0.3) is 0 Å². The van der Waals surface area contributed by atoms with Crippen LogP contribution in [0.1, 0.15) is 17.3 Å². The summed E-state index contributed by atoms with van der Waals surface area (Å²) in [5.74, 6) is -2.13. The Kier molecular flexibility index (Phi) is 3.19. The van der Waals surface area contributed by atoms with Crippen LogP contribution in [0.3, 0.4) is 0 Å². The molecule has 1 aromatic carbocycles. The minimum atomic E-state index is -1.06. The van der Waals surface area contributed by atoms with E-state index in [0.717, 1.165) is 11.3 Å². The Morgan fingerprint density at radius 3 is 2.62 bits per heavy atom. The number of hydrogen-bond donors (Lipinski definition) is 1. The molecule has 21 heavy (non-hydrogen) atoms. The lowest BCUT2D eigenvalue weighted by molar-refractivity contribution is -0.139. The molecule has 0 aliphatic carbocycles. The van der Waals surface area contributed by atoms with Crippen LogP contribution in [0, 0.1) is 0 Å². The Morgan fingerprint density at radius 2 is 1.95 bits per heavy atom. The van der Waals surface area contributed by atoms with Gasteiger partial charge in [-0.25, -0.2) is 4.79 Å². The van der Waals surface area contributed by atoms with Gasteiger partial charge in [0.1, 0.15) is 5.92 Å². The van der Waals surface area contributed by atoms with Crippen molar-refractivity contribution in [1.29, 1.82) is 0 Å². The molecule has 1 fully saturated rings. The van der Waals surface area contributed by atoms with Crippen LogP contribution in [-0.2, 0) is 16.1 Å². The topological polar surface area (TPSA) is 105 Å². The second-order valence-corrected chi connectivity index (χ2v) is 4.41. The van der Waals surface area contributed by atoms with Crippen molar-refractivity contribution in [2.24, 2.45) is 0 Å². The summed E-state index contributed by atoms with van der Waals surface area (Å²) in [6.07, 6.45) is 1.10. The van der Waals surface area contributed by atoms with Gasteiger partial charge in [0.25, 0.3) is 0 Å². The highest BCUT2D eigenvalue weighted by atomic mass is 16.5. The lowest BCUT2D eigenvalue weighted by atomic mass is 9.95. The van der Waals surface area contributed by atoms with Crippen molar-refractivity contribution in [3.63, 3.8) is 0 Å². The highest BCUT2D eigenvalue weighted by Gasteiger charge is 2.41. The fourth-order valence-corrected chi connectivity index (χ4v) is 2.11. The number of amides is 4. The molecule has 2 heterocycles. The number of carbonyl (C=O) groups excluding carboxylic acids is 3. The van der Waals surface area contributed by atoms with Crippen molar-refractivity contribution in [2.45, 2.75) is 12.5 Å². The number of barbiturate groups is 1. The summed E-state index contributed by atoms with van der Waals surface area (Å²) >= 11 is 0. The molecule has 0 spiro atoms. The molecule has 1 aliphatic rings. The van der Waals surface area contributed by atoms with E-state index in [4.69, 9.17) is 0 Å². The van der Waals surface area contributed by atoms with Gasteiger partial charge in [0, 0.05) is 0 Å². The standard InChI is InChI=1S/C13H10N4O4/c18-11-10(8-4-2-1-3-5-8)12(19)17(13(20)15-11)6-9-14-7-21-16-9/h1-5,7,10H,6H2,(H,15,18,20). The van der Waals surface area contributed by atoms with Crippen LogP contribution in [0.4, 0.5) is 4.79 Å². The molecule has 106 valence electrons. The van der Waals surface area contributed by atoms with E-state index in [-0.39, 0.29) is 12.4 Å². The Hall–Kier alpha value is -3.03. The molecule has 0 saturated carbocycles. The molecule has 8 heteroatoms. The summed E-state index contributed by atoms with van der Waals surface area (Å²) in [6, 6.07) is 7.74. The average molecular weight is 286 g/mol. The first-order chi connectivity index (χ1) is 10.2. The van der Waals surface area contributed by atoms with Gasteiger partial charge in [-0.2, -0.15) is 4.98 Å². The number of urea groups is 1. The maximum atomic E-state index is 12.4. The van der Waals surface area contributed by atoms with Gasteiger partial charge in [-0.1, -0.05) is 35.5 Å². The van der Waals surface area contributed by atoms with Crippen molar-refractivity contribution < 1.29 is 18.9 Å². The van der Waals surface area contributed by atoms with Crippen LogP contribution < -0.4 is 5.32 Å². The highest BCUT2D eigenvalue weighted by molar-refractivity contribution is 6.19. The number of imide groups is 2. The predicted octanol–water partition coefficient (Wildman–Crippen LogP) is 0.432. The summed E-state index contributed by atoms with van der Waals surface area (Å²) in [7, 11) is 0. The van der Waals surface area contributed by atoms with Gasteiger partial charge >= 0.3 is 6.03 Å². The first-order valence-electron chi connectivity index (χ1n) is 6.13. The molecule has 1 saturated heterocycles. The summed E-state index contributed by atoms with van der Waals surface area (Å²) in [5.41, 5.74) is 0.519. The summed E-state index contributed by atoms with van der Waals surface area (Å²) in [6.45, 7) is -0.155. The molecule has 0 bridgehead atoms. The Labute approximate surface area is 118 Å². The van der Waals surface area contributed by atoms with E-state index in [1.54, 1.807) is 30.3 Å². The van der Waals surface area contributed by atoms with E-state index in [0.29, 0.717) is 5.56 Å². The van der Waals surface area contributed by atoms with Crippen molar-refractivity contribution in [2.75, 3.05) is 0 Å². The Morgan fingerprint density at radius 1 is 1.19 bits per heavy atom. The van der Waals surface area contributed by atoms with E-state index in [1.165, 1.54) is 0 Å². The molecule has 2 aromatic rings. The molecule has 1 aliphatic heterocycles. The fraction of sp³-hybridized carbons (Fsp3) is 0.154. The smallest absolute Gasteiger partial charge is 0.331 e. The maximum absolute atomic E-state index is 12.4. The van der Waals surface area contributed by atoms with Gasteiger partial charge in [0.2, 0.25) is 18.2 Å². The third kappa shape index (κ3) is 2.38. The van der Waals surface area contributed by atoms with Gasteiger partial charge < -0.3 is 4.52 Å². The maximum Gasteiger partial charge on any atom is 0.331 e. The molecule has 3 rings (SSSR count). The number of nitrogens with zero attached hydrogens (tertiary/aromatic N) is 3. The normalized spacial score (nSPS) is 18.8. The molecule has 8 nitrogen and oxygen atoms in total. The SMILES string of the molecule is O=C1NC(=O)N(Cc2ncon2)C(=O)C1c1ccccc1. The summed E-state index contributed by atoms with van der Waals surface area (Å²) in [5, 5.41) is 5.71. The molecule has 1 N–H and O–H groups in total. The van der Waals surface area contributed by atoms with Crippen LogP contribution in [0.15, 0.2) is 41.2 Å². The van der Waals surface area contributed by atoms with Gasteiger partial charge in [-0.05, 0) is 5.56 Å². The summed E-state index contributed by atoms with van der Waals surface area (Å²) < 4.78 is 4.56. The first kappa shape index (κ1) is 13.0. The number of hydrogen-bond acceptors (Lipinski definition) is 6. The second-order valence-electron chi connectivity index (χ2n) is 4.41. The van der Waals surface area contributed by atoms with E-state index < -0.39 is 23.8 Å². The number of rotatable bonds is 3. The molecule has 1 aromatic heterocycles. The lowest BCUT2D eigenvalue weighted by Crippen LogP contribution is -2.56. The third-order valence-electron chi connectivity index (χ3n) is 3.09. The van der Waals surface area contributed by atoms with Crippen molar-refractivity contribution in [3.8, 4) is 0 Å². The quantitative estimate of drug-likeness (QED) is 0.820. The Bertz CT molecular complexity index is 683. The minimum Gasteiger partial charge on any atom is -0.343 e. The van der Waals surface area contributed by atoms with Crippen molar-refractivity contribution in [1.82, 2.24) is 20.4 Å². The molecular formula is C13H10N4O4. The molecule has 1 atom stereocenters. The van der Waals surface area contributed by atoms with Crippen molar-refractivity contribution >= 4 is 17.8 Å². The lowest BCUT2D eigenvalue weighted by Gasteiger charge is -2.29. The van der Waals surface area contributed by atoms with Gasteiger partial charge in [-0.3, -0.25) is 19.8 Å². The number of carbonyl (C=O) groups is 3. The van der Waals surface area contributed by atoms with E-state index in [9.17, 15) is 14.4 Å². The Balaban J connectivity index is 1.90. The van der Waals surface area contributed by atoms with Gasteiger partial charge in [0.05, 0.1) is 6.54 Å².